The molecule has 2 aliphatic carbocycles. The van der Waals surface area contributed by atoms with Gasteiger partial charge in [-0.3, -0.25) is 39.1 Å². The quantitative estimate of drug-likeness (QED) is 0.425. The monoisotopic (exact) mass is 556 g/mol. The van der Waals surface area contributed by atoms with E-state index in [0.717, 1.165) is 58.8 Å². The maximum atomic E-state index is 13.6. The zero-order valence-electron chi connectivity index (χ0n) is 22.5. The van der Waals surface area contributed by atoms with E-state index < -0.39 is 29.7 Å². The van der Waals surface area contributed by atoms with Crippen molar-refractivity contribution in [2.75, 3.05) is 11.9 Å². The fraction of sp³-hybridized carbons (Fsp3) is 0.400. The van der Waals surface area contributed by atoms with Crippen LogP contribution in [0.15, 0.2) is 36.7 Å². The van der Waals surface area contributed by atoms with Gasteiger partial charge < -0.3 is 5.32 Å². The van der Waals surface area contributed by atoms with Crippen LogP contribution in [0.2, 0.25) is 0 Å². The average molecular weight is 557 g/mol. The van der Waals surface area contributed by atoms with E-state index in [1.54, 1.807) is 18.2 Å². The van der Waals surface area contributed by atoms with E-state index in [1.165, 1.54) is 12.3 Å². The fourth-order valence-electron chi connectivity index (χ4n) is 6.18. The zero-order chi connectivity index (χ0) is 28.4. The number of amides is 4. The highest BCUT2D eigenvalue weighted by atomic mass is 19.1. The lowest BCUT2D eigenvalue weighted by atomic mass is 9.80. The third-order valence-corrected chi connectivity index (χ3v) is 8.64. The number of rotatable bonds is 7. The molecule has 0 spiro atoms. The molecule has 2 saturated carbocycles. The predicted molar refractivity (Wildman–Crippen MR) is 145 cm³/mol. The lowest BCUT2D eigenvalue weighted by Gasteiger charge is -2.35. The molecule has 2 aliphatic heterocycles. The Morgan fingerprint density at radius 1 is 1.02 bits per heavy atom. The van der Waals surface area contributed by atoms with E-state index in [-0.39, 0.29) is 35.8 Å². The molecule has 7 rings (SSSR count). The summed E-state index contributed by atoms with van der Waals surface area (Å²) < 4.78 is 15.7. The van der Waals surface area contributed by atoms with Crippen molar-refractivity contribution in [2.24, 2.45) is 5.92 Å². The van der Waals surface area contributed by atoms with Crippen LogP contribution in [0, 0.1) is 18.7 Å². The highest BCUT2D eigenvalue weighted by Crippen LogP contribution is 2.46. The number of aromatic nitrogens is 3. The van der Waals surface area contributed by atoms with Gasteiger partial charge in [0, 0.05) is 36.3 Å². The molecule has 11 heteroatoms. The summed E-state index contributed by atoms with van der Waals surface area (Å²) in [6, 6.07) is 5.86. The summed E-state index contributed by atoms with van der Waals surface area (Å²) in [6.45, 7) is 2.58. The minimum absolute atomic E-state index is 0.0868. The Morgan fingerprint density at radius 3 is 2.54 bits per heavy atom. The van der Waals surface area contributed by atoms with Gasteiger partial charge in [0.1, 0.15) is 11.9 Å². The first-order chi connectivity index (χ1) is 19.8. The van der Waals surface area contributed by atoms with E-state index in [4.69, 9.17) is 5.10 Å². The number of pyridine rings is 1. The molecule has 10 nitrogen and oxygen atoms in total. The molecular weight excluding hydrogens is 527 g/mol. The summed E-state index contributed by atoms with van der Waals surface area (Å²) in [4.78, 5) is 55.1. The summed E-state index contributed by atoms with van der Waals surface area (Å²) in [5, 5.41) is 10.5. The van der Waals surface area contributed by atoms with Crippen molar-refractivity contribution in [3.8, 4) is 11.3 Å². The first-order valence-corrected chi connectivity index (χ1v) is 14.1. The third-order valence-electron chi connectivity index (χ3n) is 8.64. The SMILES string of the molecule is Cc1cc(F)cnc1-c1cn(C2CC(CNc3ccc4c(c3)C(=O)N(C3CCC(=O)NC3=O)C4=O)C2)nc1C1CC1. The molecular formula is C30H29FN6O4. The molecule has 0 bridgehead atoms. The number of anilines is 1. The Labute approximate surface area is 235 Å². The Kier molecular flexibility index (Phi) is 5.98. The number of imide groups is 2. The number of benzene rings is 1. The molecule has 1 saturated heterocycles. The van der Waals surface area contributed by atoms with Crippen LogP contribution in [-0.2, 0) is 9.59 Å². The second-order valence-corrected chi connectivity index (χ2v) is 11.6. The van der Waals surface area contributed by atoms with Gasteiger partial charge in [0.2, 0.25) is 11.8 Å². The molecule has 4 amide bonds. The van der Waals surface area contributed by atoms with Crippen LogP contribution in [0.1, 0.15) is 82.5 Å². The standard InChI is InChI=1S/C30H29FN6O4/c1-15-8-18(31)13-33-26(15)23-14-36(35-27(23)17-2-3-17)20-9-16(10-20)12-32-19-4-5-21-22(11-19)30(41)37(29(21)40)24-6-7-25(38)34-28(24)39/h4-5,8,11,13-14,16-17,20,24,32H,2-3,6-7,9-10,12H2,1H3,(H,34,38,39). The van der Waals surface area contributed by atoms with Gasteiger partial charge in [-0.25, -0.2) is 4.39 Å². The van der Waals surface area contributed by atoms with Gasteiger partial charge in [0.15, 0.2) is 0 Å². The lowest BCUT2D eigenvalue weighted by Crippen LogP contribution is -2.54. The molecule has 210 valence electrons. The second kappa shape index (κ2) is 9.60. The molecule has 3 fully saturated rings. The topological polar surface area (TPSA) is 126 Å². The molecule has 4 heterocycles. The Morgan fingerprint density at radius 2 is 1.80 bits per heavy atom. The average Bonchev–Trinajstić information content (AvgIpc) is 3.63. The lowest BCUT2D eigenvalue weighted by molar-refractivity contribution is -0.136. The molecule has 2 N–H and O–H groups in total. The molecule has 1 aromatic carbocycles. The van der Waals surface area contributed by atoms with E-state index in [0.29, 0.717) is 18.4 Å². The van der Waals surface area contributed by atoms with Gasteiger partial charge in [-0.1, -0.05) is 0 Å². The van der Waals surface area contributed by atoms with Gasteiger partial charge in [0.05, 0.1) is 34.8 Å². The summed E-state index contributed by atoms with van der Waals surface area (Å²) in [6.07, 6.45) is 7.65. The Hall–Kier alpha value is -4.41. The number of aryl methyl sites for hydroxylation is 1. The smallest absolute Gasteiger partial charge is 0.262 e. The predicted octanol–water partition coefficient (Wildman–Crippen LogP) is 3.73. The third kappa shape index (κ3) is 4.49. The first-order valence-electron chi connectivity index (χ1n) is 14.1. The number of carbonyl (C=O) groups excluding carboxylic acids is 4. The van der Waals surface area contributed by atoms with Crippen LogP contribution in [0.4, 0.5) is 10.1 Å². The normalized spacial score (nSPS) is 23.9. The maximum absolute atomic E-state index is 13.6. The molecule has 1 unspecified atom stereocenters. The van der Waals surface area contributed by atoms with Crippen molar-refractivity contribution in [1.29, 1.82) is 0 Å². The van der Waals surface area contributed by atoms with Gasteiger partial charge in [-0.05, 0) is 74.8 Å². The Bertz CT molecular complexity index is 1620. The first kappa shape index (κ1) is 25.6. The number of carbonyl (C=O) groups is 4. The van der Waals surface area contributed by atoms with Crippen LogP contribution >= 0.6 is 0 Å². The van der Waals surface area contributed by atoms with E-state index >= 15 is 0 Å². The van der Waals surface area contributed by atoms with Gasteiger partial charge in [0.25, 0.3) is 11.8 Å². The van der Waals surface area contributed by atoms with E-state index in [2.05, 4.69) is 21.8 Å². The summed E-state index contributed by atoms with van der Waals surface area (Å²) in [5.41, 5.74) is 4.90. The van der Waals surface area contributed by atoms with Crippen LogP contribution in [0.3, 0.4) is 0 Å². The number of halogens is 1. The summed E-state index contributed by atoms with van der Waals surface area (Å²) in [5.74, 6) is -1.53. The highest BCUT2D eigenvalue weighted by Gasteiger charge is 2.44. The molecule has 0 radical (unpaired) electrons. The molecule has 3 aromatic rings. The van der Waals surface area contributed by atoms with Crippen LogP contribution in [-0.4, -0.2) is 55.9 Å². The van der Waals surface area contributed by atoms with Crippen molar-refractivity contribution in [2.45, 2.75) is 63.5 Å². The van der Waals surface area contributed by atoms with Crippen molar-refractivity contribution in [3.63, 3.8) is 0 Å². The molecule has 4 aliphatic rings. The van der Waals surface area contributed by atoms with E-state index in [1.807, 2.05) is 11.6 Å². The summed E-state index contributed by atoms with van der Waals surface area (Å²) in [7, 11) is 0. The maximum Gasteiger partial charge on any atom is 0.262 e. The van der Waals surface area contributed by atoms with Crippen molar-refractivity contribution in [1.82, 2.24) is 25.0 Å². The second-order valence-electron chi connectivity index (χ2n) is 11.6. The van der Waals surface area contributed by atoms with Gasteiger partial charge >= 0.3 is 0 Å². The zero-order valence-corrected chi connectivity index (χ0v) is 22.5. The fourth-order valence-corrected chi connectivity index (χ4v) is 6.18. The number of nitrogens with zero attached hydrogens (tertiary/aromatic N) is 4. The minimum Gasteiger partial charge on any atom is -0.385 e. The Balaban J connectivity index is 0.994. The molecule has 2 aromatic heterocycles. The van der Waals surface area contributed by atoms with Gasteiger partial charge in [-0.2, -0.15) is 5.10 Å². The number of hydrogen-bond acceptors (Lipinski definition) is 7. The van der Waals surface area contributed by atoms with Crippen LogP contribution in [0.5, 0.6) is 0 Å². The largest absolute Gasteiger partial charge is 0.385 e. The van der Waals surface area contributed by atoms with Crippen molar-refractivity contribution < 1.29 is 23.6 Å². The van der Waals surface area contributed by atoms with Crippen LogP contribution < -0.4 is 10.6 Å². The van der Waals surface area contributed by atoms with Crippen molar-refractivity contribution in [3.05, 3.63) is 64.9 Å². The van der Waals surface area contributed by atoms with Crippen LogP contribution in [0.25, 0.3) is 11.3 Å². The number of hydrogen-bond donors (Lipinski definition) is 2. The number of fused-ring (bicyclic) bond motifs is 1. The van der Waals surface area contributed by atoms with E-state index in [9.17, 15) is 23.6 Å². The molecule has 41 heavy (non-hydrogen) atoms. The summed E-state index contributed by atoms with van der Waals surface area (Å²) >= 11 is 0. The van der Waals surface area contributed by atoms with Gasteiger partial charge in [-0.15, -0.1) is 0 Å². The molecule has 1 atom stereocenters. The number of piperidine rings is 1. The highest BCUT2D eigenvalue weighted by molar-refractivity contribution is 6.23. The number of nitrogens with one attached hydrogen (secondary N) is 2. The van der Waals surface area contributed by atoms with Crippen molar-refractivity contribution >= 4 is 29.3 Å². The minimum atomic E-state index is -0.977.